The molecule has 0 aliphatic heterocycles. The van der Waals surface area contributed by atoms with Crippen LogP contribution < -0.4 is 15.0 Å². The molecule has 5 rings (SSSR count). The van der Waals surface area contributed by atoms with E-state index in [-0.39, 0.29) is 23.5 Å². The number of nitrogens with one attached hydrogen (secondary N) is 2. The van der Waals surface area contributed by atoms with Crippen molar-refractivity contribution in [1.82, 2.24) is 14.6 Å². The Hall–Kier alpha value is -4.19. The van der Waals surface area contributed by atoms with E-state index in [1.54, 1.807) is 47.4 Å². The number of hydrogen-bond acceptors (Lipinski definition) is 7. The first-order valence-electron chi connectivity index (χ1n) is 12.0. The van der Waals surface area contributed by atoms with Crippen molar-refractivity contribution in [2.24, 2.45) is 0 Å². The Morgan fingerprint density at radius 2 is 1.90 bits per heavy atom. The standard InChI is InChI=1S/C28H25N3O6S2/c1-36-25-9-3-2-8-23(25)27(28(33)31(17-20-6-4-14-37-20)18-21-7-5-15-38-21)30-39(34,35)22-11-12-24-19(16-22)10-13-26(32)29-24/h2-16,27,30H,17-18H2,1H3,(H,29,32)/t27-/m1/s1. The second kappa shape index (κ2) is 11.3. The molecule has 9 nitrogen and oxygen atoms in total. The van der Waals surface area contributed by atoms with Crippen LogP contribution in [0.5, 0.6) is 5.75 Å². The molecule has 2 N–H and O–H groups in total. The molecule has 3 heterocycles. The fourth-order valence-electron chi connectivity index (χ4n) is 4.25. The van der Waals surface area contributed by atoms with Gasteiger partial charge in [0.25, 0.3) is 0 Å². The Kier molecular flexibility index (Phi) is 7.64. The summed E-state index contributed by atoms with van der Waals surface area (Å²) in [5.74, 6) is 0.451. The predicted molar refractivity (Wildman–Crippen MR) is 148 cm³/mol. The summed E-state index contributed by atoms with van der Waals surface area (Å²) in [6.45, 7) is 0.397. The number of fused-ring (bicyclic) bond motifs is 1. The number of hydrogen-bond donors (Lipinski definition) is 2. The van der Waals surface area contributed by atoms with Gasteiger partial charge in [-0.1, -0.05) is 24.3 Å². The number of furan rings is 1. The Bertz CT molecular complexity index is 1710. The Labute approximate surface area is 228 Å². The van der Waals surface area contributed by atoms with Crippen LogP contribution in [-0.2, 0) is 27.9 Å². The molecule has 0 spiro atoms. The highest BCUT2D eigenvalue weighted by molar-refractivity contribution is 7.89. The van der Waals surface area contributed by atoms with Crippen molar-refractivity contribution in [3.8, 4) is 5.75 Å². The average molecular weight is 564 g/mol. The van der Waals surface area contributed by atoms with Crippen molar-refractivity contribution in [2.75, 3.05) is 7.11 Å². The van der Waals surface area contributed by atoms with Gasteiger partial charge in [0.05, 0.1) is 31.4 Å². The summed E-state index contributed by atoms with van der Waals surface area (Å²) in [6.07, 6.45) is 1.52. The molecule has 3 aromatic heterocycles. The minimum absolute atomic E-state index is 0.0504. The molecule has 1 amide bonds. The Morgan fingerprint density at radius 1 is 1.05 bits per heavy atom. The lowest BCUT2D eigenvalue weighted by Crippen LogP contribution is -2.42. The number of amides is 1. The zero-order chi connectivity index (χ0) is 27.4. The number of ether oxygens (including phenoxy) is 1. The van der Waals surface area contributed by atoms with Crippen LogP contribution in [-0.4, -0.2) is 31.3 Å². The van der Waals surface area contributed by atoms with Crippen LogP contribution in [0.15, 0.2) is 105 Å². The van der Waals surface area contributed by atoms with Crippen molar-refractivity contribution in [3.05, 3.63) is 117 Å². The van der Waals surface area contributed by atoms with Crippen LogP contribution >= 0.6 is 11.3 Å². The van der Waals surface area contributed by atoms with E-state index in [0.717, 1.165) is 4.88 Å². The predicted octanol–water partition coefficient (Wildman–Crippen LogP) is 4.44. The average Bonchev–Trinajstić information content (AvgIpc) is 3.65. The van der Waals surface area contributed by atoms with E-state index in [2.05, 4.69) is 9.71 Å². The number of H-pyrrole nitrogens is 1. The van der Waals surface area contributed by atoms with Gasteiger partial charge < -0.3 is 19.0 Å². The van der Waals surface area contributed by atoms with E-state index in [1.807, 2.05) is 17.5 Å². The third-order valence-corrected chi connectivity index (χ3v) is 8.42. The van der Waals surface area contributed by atoms with Crippen LogP contribution in [0, 0.1) is 0 Å². The van der Waals surface area contributed by atoms with Gasteiger partial charge in [-0.25, -0.2) is 8.42 Å². The van der Waals surface area contributed by atoms with Gasteiger partial charge in [0.15, 0.2) is 0 Å². The Morgan fingerprint density at radius 3 is 2.64 bits per heavy atom. The number of pyridine rings is 1. The molecule has 0 radical (unpaired) electrons. The van der Waals surface area contributed by atoms with Crippen molar-refractivity contribution in [1.29, 1.82) is 0 Å². The van der Waals surface area contributed by atoms with E-state index in [0.29, 0.717) is 28.0 Å². The van der Waals surface area contributed by atoms with Crippen LogP contribution in [0.25, 0.3) is 10.9 Å². The minimum atomic E-state index is -4.20. The lowest BCUT2D eigenvalue weighted by Gasteiger charge is -2.28. The first kappa shape index (κ1) is 26.4. The minimum Gasteiger partial charge on any atom is -0.496 e. The number of benzene rings is 2. The van der Waals surface area contributed by atoms with E-state index < -0.39 is 22.0 Å². The molecular formula is C28H25N3O6S2. The van der Waals surface area contributed by atoms with Gasteiger partial charge in [0.2, 0.25) is 21.5 Å². The highest BCUT2D eigenvalue weighted by Crippen LogP contribution is 2.30. The molecule has 200 valence electrons. The SMILES string of the molecule is COc1ccccc1[C@@H](NS(=O)(=O)c1ccc2[nH]c(=O)ccc2c1)C(=O)N(Cc1ccco1)Cc1cccs1. The van der Waals surface area contributed by atoms with Crippen molar-refractivity contribution in [2.45, 2.75) is 24.0 Å². The number of sulfonamides is 1. The molecule has 39 heavy (non-hydrogen) atoms. The number of para-hydroxylation sites is 1. The number of aromatic amines is 1. The molecule has 1 atom stereocenters. The largest absolute Gasteiger partial charge is 0.496 e. The third kappa shape index (κ3) is 5.95. The molecule has 0 unspecified atom stereocenters. The Balaban J connectivity index is 1.55. The lowest BCUT2D eigenvalue weighted by molar-refractivity contribution is -0.134. The molecule has 0 fully saturated rings. The molecular weight excluding hydrogens is 538 g/mol. The quantitative estimate of drug-likeness (QED) is 0.259. The van der Waals surface area contributed by atoms with Gasteiger partial charge in [0, 0.05) is 22.0 Å². The summed E-state index contributed by atoms with van der Waals surface area (Å²) in [7, 11) is -2.74. The first-order valence-corrected chi connectivity index (χ1v) is 14.3. The normalized spacial score (nSPS) is 12.3. The van der Waals surface area contributed by atoms with Gasteiger partial charge in [-0.15, -0.1) is 11.3 Å². The molecule has 2 aromatic carbocycles. The van der Waals surface area contributed by atoms with Gasteiger partial charge in [0.1, 0.15) is 17.6 Å². The molecule has 5 aromatic rings. The van der Waals surface area contributed by atoms with Gasteiger partial charge in [-0.3, -0.25) is 9.59 Å². The summed E-state index contributed by atoms with van der Waals surface area (Å²) < 4.78 is 41.0. The topological polar surface area (TPSA) is 122 Å². The maximum atomic E-state index is 14.2. The molecule has 11 heteroatoms. The number of nitrogens with zero attached hydrogens (tertiary/aromatic N) is 1. The highest BCUT2D eigenvalue weighted by atomic mass is 32.2. The molecule has 0 bridgehead atoms. The van der Waals surface area contributed by atoms with E-state index in [9.17, 15) is 18.0 Å². The molecule has 0 aliphatic rings. The number of aromatic nitrogens is 1. The van der Waals surface area contributed by atoms with Gasteiger partial charge in [-0.2, -0.15) is 4.72 Å². The zero-order valence-corrected chi connectivity index (χ0v) is 22.5. The molecule has 0 saturated heterocycles. The number of carbonyl (C=O) groups excluding carboxylic acids is 1. The zero-order valence-electron chi connectivity index (χ0n) is 20.9. The maximum absolute atomic E-state index is 14.2. The summed E-state index contributed by atoms with van der Waals surface area (Å²) in [5.41, 5.74) is 0.578. The van der Waals surface area contributed by atoms with Crippen molar-refractivity contribution < 1.29 is 22.4 Å². The van der Waals surface area contributed by atoms with Gasteiger partial charge in [-0.05, 0) is 59.3 Å². The molecule has 0 saturated carbocycles. The highest BCUT2D eigenvalue weighted by Gasteiger charge is 2.33. The third-order valence-electron chi connectivity index (χ3n) is 6.14. The van der Waals surface area contributed by atoms with Gasteiger partial charge >= 0.3 is 0 Å². The summed E-state index contributed by atoms with van der Waals surface area (Å²) in [6, 6.07) is 20.0. The summed E-state index contributed by atoms with van der Waals surface area (Å²) in [5, 5.41) is 2.45. The molecule has 0 aliphatic carbocycles. The van der Waals surface area contributed by atoms with Crippen molar-refractivity contribution >= 4 is 38.2 Å². The number of thiophene rings is 1. The van der Waals surface area contributed by atoms with Crippen LogP contribution in [0.1, 0.15) is 22.2 Å². The summed E-state index contributed by atoms with van der Waals surface area (Å²) in [4.78, 5) is 30.9. The van der Waals surface area contributed by atoms with E-state index in [1.165, 1.54) is 49.0 Å². The summed E-state index contributed by atoms with van der Waals surface area (Å²) >= 11 is 1.50. The fourth-order valence-corrected chi connectivity index (χ4v) is 6.17. The lowest BCUT2D eigenvalue weighted by atomic mass is 10.0. The number of carbonyl (C=O) groups is 1. The number of methoxy groups -OCH3 is 1. The number of rotatable bonds is 10. The fraction of sp³-hybridized carbons (Fsp3) is 0.143. The van der Waals surface area contributed by atoms with Crippen LogP contribution in [0.4, 0.5) is 0 Å². The van der Waals surface area contributed by atoms with Crippen LogP contribution in [0.2, 0.25) is 0 Å². The first-order chi connectivity index (χ1) is 18.8. The monoisotopic (exact) mass is 563 g/mol. The van der Waals surface area contributed by atoms with E-state index in [4.69, 9.17) is 9.15 Å². The second-order valence-corrected chi connectivity index (χ2v) is 11.5. The second-order valence-electron chi connectivity index (χ2n) is 8.72. The van der Waals surface area contributed by atoms with E-state index >= 15 is 0 Å². The van der Waals surface area contributed by atoms with Crippen LogP contribution in [0.3, 0.4) is 0 Å². The smallest absolute Gasteiger partial charge is 0.248 e. The maximum Gasteiger partial charge on any atom is 0.248 e. The van der Waals surface area contributed by atoms with Crippen molar-refractivity contribution in [3.63, 3.8) is 0 Å².